The average Bonchev–Trinajstić information content (AvgIpc) is 3.12. The molecule has 1 heterocycles. The number of fused-ring (bicyclic) bond motifs is 1. The van der Waals surface area contributed by atoms with Crippen LogP contribution in [-0.2, 0) is 14.3 Å². The van der Waals surface area contributed by atoms with Crippen molar-refractivity contribution >= 4 is 35.1 Å². The van der Waals surface area contributed by atoms with Crippen molar-refractivity contribution in [2.24, 2.45) is 17.8 Å². The van der Waals surface area contributed by atoms with Crippen LogP contribution in [0, 0.1) is 17.8 Å². The molecule has 0 radical (unpaired) electrons. The average molecular weight is 423 g/mol. The monoisotopic (exact) mass is 423 g/mol. The minimum absolute atomic E-state index is 0.182. The molecule has 4 aliphatic carbocycles. The molecule has 0 unspecified atom stereocenters. The summed E-state index contributed by atoms with van der Waals surface area (Å²) < 4.78 is 10.4. The molecule has 6 rings (SSSR count). The van der Waals surface area contributed by atoms with Crippen LogP contribution >= 0.6 is 0 Å². The summed E-state index contributed by atoms with van der Waals surface area (Å²) >= 11 is 0. The Labute approximate surface area is 179 Å². The smallest absolute Gasteiger partial charge is 0.331 e. The lowest BCUT2D eigenvalue weighted by Gasteiger charge is -2.56. The van der Waals surface area contributed by atoms with E-state index in [0.717, 1.165) is 25.3 Å². The van der Waals surface area contributed by atoms with Gasteiger partial charge >= 0.3 is 12.0 Å². The second-order valence-electron chi connectivity index (χ2n) is 9.16. The van der Waals surface area contributed by atoms with E-state index < -0.39 is 24.5 Å². The summed E-state index contributed by atoms with van der Waals surface area (Å²) in [7, 11) is 0. The maximum Gasteiger partial charge on any atom is 0.331 e. The molecule has 2 aromatic rings. The number of amides is 3. The molecule has 31 heavy (non-hydrogen) atoms. The molecule has 0 aliphatic heterocycles. The van der Waals surface area contributed by atoms with Gasteiger partial charge in [-0.25, -0.2) is 14.6 Å². The van der Waals surface area contributed by atoms with Crippen molar-refractivity contribution in [1.29, 1.82) is 0 Å². The number of aromatic nitrogens is 1. The highest BCUT2D eigenvalue weighted by Gasteiger charge is 2.51. The maximum absolute atomic E-state index is 12.4. The number of nitrogens with zero attached hydrogens (tertiary/aromatic N) is 1. The Bertz CT molecular complexity index is 988. The molecule has 8 nitrogen and oxygen atoms in total. The van der Waals surface area contributed by atoms with Crippen molar-refractivity contribution in [3.63, 3.8) is 0 Å². The zero-order chi connectivity index (χ0) is 21.4. The summed E-state index contributed by atoms with van der Waals surface area (Å²) in [6.07, 6.45) is 9.31. The van der Waals surface area contributed by atoms with E-state index in [2.05, 4.69) is 15.6 Å². The van der Waals surface area contributed by atoms with Gasteiger partial charge in [-0.1, -0.05) is 12.1 Å². The molecule has 0 saturated heterocycles. The molecule has 3 amide bonds. The van der Waals surface area contributed by atoms with E-state index in [4.69, 9.17) is 9.15 Å². The molecule has 4 fully saturated rings. The highest BCUT2D eigenvalue weighted by molar-refractivity contribution is 5.96. The van der Waals surface area contributed by atoms with Crippen molar-refractivity contribution < 1.29 is 23.5 Å². The first kappa shape index (κ1) is 19.8. The Morgan fingerprint density at radius 2 is 1.77 bits per heavy atom. The van der Waals surface area contributed by atoms with Gasteiger partial charge in [0.15, 0.2) is 12.2 Å². The number of oxazole rings is 1. The number of urea groups is 1. The lowest BCUT2D eigenvalue weighted by atomic mass is 9.53. The first-order valence-electron chi connectivity index (χ1n) is 10.8. The number of rotatable bonds is 5. The van der Waals surface area contributed by atoms with Crippen molar-refractivity contribution in [1.82, 2.24) is 15.6 Å². The van der Waals surface area contributed by atoms with Crippen molar-refractivity contribution in [2.45, 2.75) is 44.1 Å². The Morgan fingerprint density at radius 3 is 2.45 bits per heavy atom. The van der Waals surface area contributed by atoms with Crippen LogP contribution in [0.3, 0.4) is 0 Å². The Balaban J connectivity index is 1.08. The van der Waals surface area contributed by atoms with E-state index in [9.17, 15) is 14.4 Å². The van der Waals surface area contributed by atoms with Gasteiger partial charge in [-0.15, -0.1) is 0 Å². The molecule has 4 saturated carbocycles. The van der Waals surface area contributed by atoms with E-state index in [1.807, 2.05) is 12.1 Å². The largest absolute Gasteiger partial charge is 0.452 e. The van der Waals surface area contributed by atoms with Crippen LogP contribution in [0.2, 0.25) is 0 Å². The lowest BCUT2D eigenvalue weighted by molar-refractivity contribution is -0.143. The summed E-state index contributed by atoms with van der Waals surface area (Å²) in [5.74, 6) is 0.950. The highest BCUT2D eigenvalue weighted by Crippen LogP contribution is 2.55. The molecule has 4 aliphatic rings. The molecule has 1 aromatic carbocycles. The third kappa shape index (κ3) is 4.33. The number of benzene rings is 1. The highest BCUT2D eigenvalue weighted by atomic mass is 16.5. The lowest BCUT2D eigenvalue weighted by Crippen LogP contribution is -2.62. The number of imide groups is 1. The first-order valence-corrected chi connectivity index (χ1v) is 10.8. The molecule has 1 aromatic heterocycles. The van der Waals surface area contributed by atoms with Crippen LogP contribution < -0.4 is 10.6 Å². The van der Waals surface area contributed by atoms with Crippen LogP contribution in [0.1, 0.15) is 44.4 Å². The molecule has 8 heteroatoms. The molecule has 2 N–H and O–H groups in total. The number of para-hydroxylation sites is 2. The van der Waals surface area contributed by atoms with Gasteiger partial charge in [0.05, 0.1) is 0 Å². The Morgan fingerprint density at radius 1 is 1.10 bits per heavy atom. The van der Waals surface area contributed by atoms with Gasteiger partial charge in [0.1, 0.15) is 5.52 Å². The first-order chi connectivity index (χ1) is 15.0. The minimum Gasteiger partial charge on any atom is -0.452 e. The Hall–Kier alpha value is -3.16. The number of hydrogen-bond donors (Lipinski definition) is 2. The zero-order valence-corrected chi connectivity index (χ0v) is 17.1. The molecular weight excluding hydrogens is 398 g/mol. The van der Waals surface area contributed by atoms with Gasteiger partial charge in [-0.2, -0.15) is 0 Å². The van der Waals surface area contributed by atoms with E-state index in [1.54, 1.807) is 12.1 Å². The van der Waals surface area contributed by atoms with Gasteiger partial charge in [0.2, 0.25) is 5.89 Å². The molecule has 162 valence electrons. The summed E-state index contributed by atoms with van der Waals surface area (Å²) in [6.45, 7) is -0.537. The fourth-order valence-electron chi connectivity index (χ4n) is 5.98. The van der Waals surface area contributed by atoms with Gasteiger partial charge in [-0.05, 0) is 68.4 Å². The molecule has 0 spiro atoms. The Kier molecular flexibility index (Phi) is 5.00. The van der Waals surface area contributed by atoms with E-state index in [1.165, 1.54) is 25.3 Å². The SMILES string of the molecule is O=C(COC(=O)/C=C/c1nc2ccccc2o1)NC(=O)NC12CC3CC(CC(C3)C1)C2. The number of nitrogens with one attached hydrogen (secondary N) is 2. The minimum atomic E-state index is -0.723. The van der Waals surface area contributed by atoms with Crippen LogP contribution in [0.25, 0.3) is 17.2 Å². The molecule has 4 bridgehead atoms. The van der Waals surface area contributed by atoms with Gasteiger partial charge in [0.25, 0.3) is 5.91 Å². The van der Waals surface area contributed by atoms with Crippen molar-refractivity contribution in [3.05, 3.63) is 36.2 Å². The van der Waals surface area contributed by atoms with Crippen LogP contribution in [0.15, 0.2) is 34.8 Å². The van der Waals surface area contributed by atoms with E-state index in [-0.39, 0.29) is 11.4 Å². The standard InChI is InChI=1S/C23H25N3O5/c27-19(13-30-21(28)6-5-20-24-17-3-1-2-4-18(17)31-20)25-22(29)26-23-10-14-7-15(11-23)9-16(8-14)12-23/h1-6,14-16H,7-13H2,(H2,25,26,27,29)/b6-5+. The summed E-state index contributed by atoms with van der Waals surface area (Å²) in [5, 5.41) is 5.34. The predicted octanol–water partition coefficient (Wildman–Crippen LogP) is 3.18. The number of esters is 1. The fourth-order valence-corrected chi connectivity index (χ4v) is 5.98. The number of hydrogen-bond acceptors (Lipinski definition) is 6. The molecule has 0 atom stereocenters. The van der Waals surface area contributed by atoms with Crippen molar-refractivity contribution in [2.75, 3.05) is 6.61 Å². The van der Waals surface area contributed by atoms with Crippen LogP contribution in [-0.4, -0.2) is 35.0 Å². The van der Waals surface area contributed by atoms with Crippen molar-refractivity contribution in [3.8, 4) is 0 Å². The van der Waals surface area contributed by atoms with Gasteiger partial charge in [0, 0.05) is 17.7 Å². The van der Waals surface area contributed by atoms with Crippen LogP contribution in [0.4, 0.5) is 4.79 Å². The summed E-state index contributed by atoms with van der Waals surface area (Å²) in [5.41, 5.74) is 1.11. The third-order valence-electron chi connectivity index (χ3n) is 6.69. The summed E-state index contributed by atoms with van der Waals surface area (Å²) in [4.78, 5) is 40.5. The second kappa shape index (κ2) is 7.83. The number of carbonyl (C=O) groups excluding carboxylic acids is 3. The predicted molar refractivity (Wildman–Crippen MR) is 112 cm³/mol. The second-order valence-corrected chi connectivity index (χ2v) is 9.16. The van der Waals surface area contributed by atoms with Crippen LogP contribution in [0.5, 0.6) is 0 Å². The van der Waals surface area contributed by atoms with E-state index in [0.29, 0.717) is 28.9 Å². The quantitative estimate of drug-likeness (QED) is 0.565. The fraction of sp³-hybridized carbons (Fsp3) is 0.478. The number of carbonyl (C=O) groups is 3. The normalized spacial score (nSPS) is 28.7. The van der Waals surface area contributed by atoms with Gasteiger partial charge < -0.3 is 14.5 Å². The zero-order valence-electron chi connectivity index (χ0n) is 17.1. The third-order valence-corrected chi connectivity index (χ3v) is 6.69. The number of ether oxygens (including phenoxy) is 1. The topological polar surface area (TPSA) is 111 Å². The molecular formula is C23H25N3O5. The summed E-state index contributed by atoms with van der Waals surface area (Å²) in [6, 6.07) is 6.73. The van der Waals surface area contributed by atoms with Gasteiger partial charge in [-0.3, -0.25) is 10.1 Å². The van der Waals surface area contributed by atoms with E-state index >= 15 is 0 Å². The maximum atomic E-state index is 12.4.